The fraction of sp³-hybridized carbons (Fsp3) is 0.233. The maximum absolute atomic E-state index is 12.6. The molecule has 2 atom stereocenters. The van der Waals surface area contributed by atoms with Gasteiger partial charge in [0.2, 0.25) is 0 Å². The van der Waals surface area contributed by atoms with Gasteiger partial charge in [-0.25, -0.2) is 4.79 Å². The Bertz CT molecular complexity index is 922. The van der Waals surface area contributed by atoms with Crippen molar-refractivity contribution in [1.82, 2.24) is 5.32 Å². The van der Waals surface area contributed by atoms with Crippen LogP contribution in [-0.2, 0) is 21.8 Å². The second-order valence-electron chi connectivity index (χ2n) is 8.87. The average molecular weight is 507 g/mol. The molecule has 0 saturated heterocycles. The van der Waals surface area contributed by atoms with Crippen molar-refractivity contribution in [2.75, 3.05) is 13.2 Å². The van der Waals surface area contributed by atoms with Gasteiger partial charge in [-0.3, -0.25) is 0 Å². The Balaban J connectivity index is 0.000000431. The summed E-state index contributed by atoms with van der Waals surface area (Å²) >= 11 is 0. The Labute approximate surface area is 220 Å². The molecule has 35 heavy (non-hydrogen) atoms. The number of hydrogen-bond donors (Lipinski definition) is 2. The second kappa shape index (κ2) is 12.4. The van der Waals surface area contributed by atoms with Gasteiger partial charge in [0.1, 0.15) is 6.61 Å². The van der Waals surface area contributed by atoms with E-state index in [1.54, 1.807) is 0 Å². The van der Waals surface area contributed by atoms with Crippen LogP contribution in [0.3, 0.4) is 0 Å². The van der Waals surface area contributed by atoms with Crippen molar-refractivity contribution in [3.05, 3.63) is 123 Å². The molecule has 178 valence electrons. The van der Waals surface area contributed by atoms with Crippen LogP contribution < -0.4 is 5.32 Å². The second-order valence-corrected chi connectivity index (χ2v) is 8.87. The van der Waals surface area contributed by atoms with Crippen LogP contribution in [0, 0.1) is 69.1 Å². The van der Waals surface area contributed by atoms with Gasteiger partial charge in [-0.15, -0.1) is 0 Å². The Morgan fingerprint density at radius 3 is 2.03 bits per heavy atom. The van der Waals surface area contributed by atoms with Gasteiger partial charge in [-0.1, -0.05) is 48.5 Å². The van der Waals surface area contributed by atoms with Gasteiger partial charge >= 0.3 is 23.2 Å². The topological polar surface area (TPSA) is 58.6 Å². The number of amides is 1. The van der Waals surface area contributed by atoms with E-state index in [2.05, 4.69) is 42.4 Å². The summed E-state index contributed by atoms with van der Waals surface area (Å²) in [6.45, 7) is 0.480. The number of ether oxygens (including phenoxy) is 1. The Kier molecular flexibility index (Phi) is 9.33. The number of aliphatic hydroxyl groups excluding tert-OH is 1. The quantitative estimate of drug-likeness (QED) is 0.555. The number of hydrogen-bond acceptors (Lipinski definition) is 3. The summed E-state index contributed by atoms with van der Waals surface area (Å²) in [6, 6.07) is 16.6. The smallest absolute Gasteiger partial charge is 0.449 e. The van der Waals surface area contributed by atoms with Crippen molar-refractivity contribution >= 4 is 6.09 Å². The van der Waals surface area contributed by atoms with Gasteiger partial charge in [0, 0.05) is 24.5 Å². The number of rotatable bonds is 5. The molecule has 0 heterocycles. The molecule has 4 nitrogen and oxygen atoms in total. The molecule has 0 spiro atoms. The summed E-state index contributed by atoms with van der Waals surface area (Å²) in [5.41, 5.74) is 4.87. The third kappa shape index (κ3) is 5.79. The minimum absolute atomic E-state index is 0. The maximum Gasteiger partial charge on any atom is 2.00 e. The van der Waals surface area contributed by atoms with Gasteiger partial charge in [-0.05, 0) is 98.3 Å². The molecule has 10 radical (unpaired) electrons. The first-order chi connectivity index (χ1) is 16.8. The van der Waals surface area contributed by atoms with E-state index in [4.69, 9.17) is 4.74 Å². The zero-order valence-corrected chi connectivity index (χ0v) is 20.5. The first-order valence-corrected chi connectivity index (χ1v) is 11.9. The third-order valence-corrected chi connectivity index (χ3v) is 6.89. The van der Waals surface area contributed by atoms with Crippen LogP contribution in [-0.4, -0.2) is 30.5 Å². The Hall–Kier alpha value is -1.81. The predicted octanol–water partition coefficient (Wildman–Crippen LogP) is 5.09. The van der Waals surface area contributed by atoms with Crippen molar-refractivity contribution in [3.63, 3.8) is 0 Å². The maximum atomic E-state index is 12.6. The molecule has 5 heteroatoms. The first-order valence-electron chi connectivity index (χ1n) is 11.9. The summed E-state index contributed by atoms with van der Waals surface area (Å²) in [5.74, 6) is 2.75. The molecule has 2 aromatic rings. The molecule has 2 N–H and O–H groups in total. The first kappa shape index (κ1) is 26.3. The van der Waals surface area contributed by atoms with Crippen molar-refractivity contribution < 1.29 is 31.7 Å². The van der Waals surface area contributed by atoms with Crippen LogP contribution >= 0.6 is 0 Å². The molecule has 6 rings (SSSR count). The molecule has 3 saturated carbocycles. The standard InChI is InChI=1S/C25H24NO3.C5H5.Fe/c27-13-12-16-14-24(22-11-5-10-17(16)22)26-25(28)29-15-23-20-8-3-1-6-18(20)19-7-2-4-9-21(19)23;1-2-4-5-3-1;/h1-11,16,23-24,27H,12-15H2,(H,26,28);1-5H;/q;;+2/t16-,24+;;/m0../s1. The third-order valence-electron chi connectivity index (χ3n) is 6.89. The van der Waals surface area contributed by atoms with Crippen LogP contribution in [0.4, 0.5) is 4.79 Å². The van der Waals surface area contributed by atoms with Crippen LogP contribution in [0.1, 0.15) is 29.9 Å². The molecule has 3 fully saturated rings. The van der Waals surface area contributed by atoms with Gasteiger partial charge in [-0.2, -0.15) is 0 Å². The molecule has 1 amide bonds. The molecule has 0 bridgehead atoms. The van der Waals surface area contributed by atoms with Gasteiger partial charge in [0.25, 0.3) is 0 Å². The van der Waals surface area contributed by atoms with E-state index in [0.717, 1.165) is 18.8 Å². The average Bonchev–Trinajstić information content (AvgIpc) is 3.66. The normalized spacial score (nSPS) is 23.0. The molecule has 4 aliphatic rings. The minimum Gasteiger partial charge on any atom is -0.449 e. The molecule has 0 aromatic heterocycles. The van der Waals surface area contributed by atoms with E-state index >= 15 is 0 Å². The van der Waals surface area contributed by atoms with Crippen LogP contribution in [0.25, 0.3) is 11.1 Å². The molecule has 0 unspecified atom stereocenters. The number of nitrogens with one attached hydrogen (secondary N) is 1. The minimum atomic E-state index is -0.381. The molecule has 2 aromatic carbocycles. The van der Waals surface area contributed by atoms with Crippen molar-refractivity contribution in [3.8, 4) is 11.1 Å². The number of carbonyl (C=O) groups is 1. The zero-order chi connectivity index (χ0) is 23.3. The predicted molar refractivity (Wildman–Crippen MR) is 133 cm³/mol. The van der Waals surface area contributed by atoms with E-state index in [-0.39, 0.29) is 41.7 Å². The van der Waals surface area contributed by atoms with Crippen molar-refractivity contribution in [2.24, 2.45) is 5.92 Å². The summed E-state index contributed by atoms with van der Waals surface area (Å²) in [7, 11) is 0. The number of aliphatic hydroxyl groups is 1. The van der Waals surface area contributed by atoms with Crippen LogP contribution in [0.2, 0.25) is 0 Å². The van der Waals surface area contributed by atoms with Crippen LogP contribution in [0.5, 0.6) is 0 Å². The van der Waals surface area contributed by atoms with Crippen molar-refractivity contribution in [1.29, 1.82) is 0 Å². The SMILES string of the molecule is O=C(N[C@@H]1C[C@H](CCO)[C]2[CH][CH][CH][C]21)OCC1c2ccccc2-c2ccccc21.[CH]1[CH][CH][CH][CH]1.[Fe+2]. The molecule has 4 aliphatic carbocycles. The summed E-state index contributed by atoms with van der Waals surface area (Å²) in [6.07, 6.45) is 17.3. The number of alkyl carbamates (subject to hydrolysis) is 1. The number of benzene rings is 2. The summed E-state index contributed by atoms with van der Waals surface area (Å²) in [5, 5.41) is 12.4. The molecular formula is C30H29FeNO3+2. The summed E-state index contributed by atoms with van der Waals surface area (Å²) in [4.78, 5) is 12.6. The van der Waals surface area contributed by atoms with E-state index < -0.39 is 0 Å². The number of carbonyl (C=O) groups excluding carboxylic acids is 1. The van der Waals surface area contributed by atoms with Crippen molar-refractivity contribution in [2.45, 2.75) is 24.8 Å². The molecule has 0 aliphatic heterocycles. The Morgan fingerprint density at radius 2 is 1.43 bits per heavy atom. The van der Waals surface area contributed by atoms with Crippen LogP contribution in [0.15, 0.2) is 48.5 Å². The van der Waals surface area contributed by atoms with E-state index in [0.29, 0.717) is 12.5 Å². The largest absolute Gasteiger partial charge is 2.00 e. The monoisotopic (exact) mass is 507 g/mol. The van der Waals surface area contributed by atoms with E-state index in [1.165, 1.54) is 28.2 Å². The van der Waals surface area contributed by atoms with Gasteiger partial charge < -0.3 is 15.2 Å². The number of fused-ring (bicyclic) bond motifs is 4. The Morgan fingerprint density at radius 1 is 0.857 bits per heavy atom. The summed E-state index contributed by atoms with van der Waals surface area (Å²) < 4.78 is 5.69. The van der Waals surface area contributed by atoms with E-state index in [1.807, 2.05) is 62.8 Å². The zero-order valence-electron chi connectivity index (χ0n) is 19.4. The van der Waals surface area contributed by atoms with Gasteiger partial charge in [0.05, 0.1) is 0 Å². The van der Waals surface area contributed by atoms with E-state index in [9.17, 15) is 9.90 Å². The van der Waals surface area contributed by atoms with Gasteiger partial charge in [0.15, 0.2) is 0 Å². The molecular weight excluding hydrogens is 478 g/mol. The fourth-order valence-electron chi connectivity index (χ4n) is 5.34. The fourth-order valence-corrected chi connectivity index (χ4v) is 5.34.